The summed E-state index contributed by atoms with van der Waals surface area (Å²) in [6.07, 6.45) is -0.0667. The quantitative estimate of drug-likeness (QED) is 0.305. The Bertz CT molecular complexity index is 1310. The Balaban J connectivity index is 1.87. The van der Waals surface area contributed by atoms with Crippen molar-refractivity contribution in [3.8, 4) is 22.8 Å². The van der Waals surface area contributed by atoms with E-state index < -0.39 is 29.5 Å². The zero-order valence-electron chi connectivity index (χ0n) is 21.5. The van der Waals surface area contributed by atoms with Crippen molar-refractivity contribution in [3.63, 3.8) is 0 Å². The van der Waals surface area contributed by atoms with Crippen molar-refractivity contribution in [2.45, 2.75) is 37.8 Å². The number of carbonyl (C=O) groups excluding carboxylic acids is 2. The molecule has 38 heavy (non-hydrogen) atoms. The normalized spacial score (nSPS) is 14.3. The molecule has 0 aliphatic carbocycles. The monoisotopic (exact) mass is 527 g/mol. The lowest BCUT2D eigenvalue weighted by Crippen LogP contribution is -2.36. The summed E-state index contributed by atoms with van der Waals surface area (Å²) in [5.41, 5.74) is 10.2. The van der Waals surface area contributed by atoms with E-state index in [4.69, 9.17) is 20.9 Å². The van der Waals surface area contributed by atoms with E-state index >= 15 is 0 Å². The number of ketones is 1. The Hall–Kier alpha value is -3.89. The molecular formula is C28H31F2N3O5. The van der Waals surface area contributed by atoms with Crippen molar-refractivity contribution in [2.24, 2.45) is 11.5 Å². The number of ether oxygens (including phenoxy) is 2. The van der Waals surface area contributed by atoms with Crippen molar-refractivity contribution < 1.29 is 33.0 Å². The highest BCUT2D eigenvalue weighted by atomic mass is 19.1. The molecule has 0 saturated heterocycles. The summed E-state index contributed by atoms with van der Waals surface area (Å²) in [7, 11) is 1.39. The molecule has 1 heterocycles. The number of pyridine rings is 1. The number of benzene rings is 2. The second-order valence-corrected chi connectivity index (χ2v) is 9.50. The van der Waals surface area contributed by atoms with Crippen LogP contribution in [-0.4, -0.2) is 42.2 Å². The van der Waals surface area contributed by atoms with Crippen LogP contribution in [0.25, 0.3) is 11.3 Å². The second-order valence-electron chi connectivity index (χ2n) is 9.50. The minimum atomic E-state index is -1.58. The van der Waals surface area contributed by atoms with Crippen LogP contribution in [0.15, 0.2) is 54.6 Å². The number of methoxy groups -OCH3 is 1. The average molecular weight is 528 g/mol. The van der Waals surface area contributed by atoms with Crippen LogP contribution in [0.4, 0.5) is 8.78 Å². The molecule has 2 atom stereocenters. The molecular weight excluding hydrogens is 496 g/mol. The standard InChI is InChI=1S/C28H31F2N3O5/c1-27(32,16-29)19-13-21(17-4-7-20(30)8-5-17)33-25(14-19)28(2,36)11-10-22(34)18-6-9-23(24(12-18)37-3)38-15-26(31)35/h4-9,12-14,36H,10-11,15-16,32H2,1-3H3,(H2,31,35). The van der Waals surface area contributed by atoms with Gasteiger partial charge in [0.15, 0.2) is 23.9 Å². The predicted molar refractivity (Wildman–Crippen MR) is 138 cm³/mol. The summed E-state index contributed by atoms with van der Waals surface area (Å²) >= 11 is 0. The zero-order chi connectivity index (χ0) is 28.1. The molecule has 1 aromatic heterocycles. The van der Waals surface area contributed by atoms with Crippen molar-refractivity contribution in [3.05, 3.63) is 77.2 Å². The third-order valence-corrected chi connectivity index (χ3v) is 6.15. The van der Waals surface area contributed by atoms with E-state index in [9.17, 15) is 23.5 Å². The Kier molecular flexibility index (Phi) is 8.80. The van der Waals surface area contributed by atoms with Gasteiger partial charge in [-0.1, -0.05) is 0 Å². The summed E-state index contributed by atoms with van der Waals surface area (Å²) < 4.78 is 37.7. The number of primary amides is 1. The molecule has 5 N–H and O–H groups in total. The molecule has 0 saturated carbocycles. The first-order chi connectivity index (χ1) is 17.9. The molecule has 1 amide bonds. The third-order valence-electron chi connectivity index (χ3n) is 6.15. The summed E-state index contributed by atoms with van der Waals surface area (Å²) in [5, 5.41) is 11.3. The molecule has 10 heteroatoms. The number of nitrogens with zero attached hydrogens (tertiary/aromatic N) is 1. The van der Waals surface area contributed by atoms with Crippen molar-refractivity contribution in [1.29, 1.82) is 0 Å². The number of carbonyl (C=O) groups is 2. The van der Waals surface area contributed by atoms with E-state index in [1.165, 1.54) is 69.5 Å². The summed E-state index contributed by atoms with van der Waals surface area (Å²) in [6, 6.07) is 13.2. The number of hydrogen-bond acceptors (Lipinski definition) is 7. The van der Waals surface area contributed by atoms with Crippen LogP contribution in [0.3, 0.4) is 0 Å². The fourth-order valence-corrected chi connectivity index (χ4v) is 3.72. The molecule has 3 rings (SSSR count). The lowest BCUT2D eigenvalue weighted by molar-refractivity contribution is -0.119. The Morgan fingerprint density at radius 1 is 1.05 bits per heavy atom. The number of rotatable bonds is 12. The fourth-order valence-electron chi connectivity index (χ4n) is 3.72. The Labute approximate surface area is 219 Å². The lowest BCUT2D eigenvalue weighted by atomic mass is 9.87. The number of aliphatic hydroxyl groups is 1. The molecule has 2 unspecified atom stereocenters. The molecule has 3 aromatic rings. The zero-order valence-corrected chi connectivity index (χ0v) is 21.5. The van der Waals surface area contributed by atoms with E-state index in [2.05, 4.69) is 4.98 Å². The maximum absolute atomic E-state index is 13.7. The number of nitrogens with two attached hydrogens (primary N) is 2. The molecule has 0 bridgehead atoms. The van der Waals surface area contributed by atoms with Gasteiger partial charge < -0.3 is 26.0 Å². The minimum absolute atomic E-state index is 0.00963. The number of aromatic nitrogens is 1. The fraction of sp³-hybridized carbons (Fsp3) is 0.321. The Morgan fingerprint density at radius 2 is 1.74 bits per heavy atom. The lowest BCUT2D eigenvalue weighted by Gasteiger charge is -2.27. The number of amides is 1. The number of Topliss-reactive ketones (excluding diaryl/α,β-unsaturated/α-hetero) is 1. The largest absolute Gasteiger partial charge is 0.493 e. The Morgan fingerprint density at radius 3 is 2.34 bits per heavy atom. The molecule has 0 radical (unpaired) electrons. The van der Waals surface area contributed by atoms with Gasteiger partial charge in [-0.3, -0.25) is 9.59 Å². The van der Waals surface area contributed by atoms with Crippen molar-refractivity contribution in [2.75, 3.05) is 20.4 Å². The van der Waals surface area contributed by atoms with Gasteiger partial charge in [-0.25, -0.2) is 13.8 Å². The molecule has 2 aromatic carbocycles. The van der Waals surface area contributed by atoms with Crippen LogP contribution in [0, 0.1) is 5.82 Å². The van der Waals surface area contributed by atoms with Gasteiger partial charge in [0.1, 0.15) is 18.1 Å². The van der Waals surface area contributed by atoms with Crippen molar-refractivity contribution >= 4 is 11.7 Å². The number of hydrogen-bond donors (Lipinski definition) is 3. The topological polar surface area (TPSA) is 138 Å². The van der Waals surface area contributed by atoms with Gasteiger partial charge in [-0.2, -0.15) is 0 Å². The molecule has 202 valence electrons. The third kappa shape index (κ3) is 6.90. The van der Waals surface area contributed by atoms with Gasteiger partial charge >= 0.3 is 0 Å². The molecule has 0 spiro atoms. The van der Waals surface area contributed by atoms with Crippen LogP contribution in [0.1, 0.15) is 48.3 Å². The van der Waals surface area contributed by atoms with Gasteiger partial charge in [0, 0.05) is 17.5 Å². The molecule has 0 aliphatic rings. The first-order valence-electron chi connectivity index (χ1n) is 11.8. The smallest absolute Gasteiger partial charge is 0.255 e. The van der Waals surface area contributed by atoms with Gasteiger partial charge in [0.2, 0.25) is 0 Å². The molecule has 8 nitrogen and oxygen atoms in total. The highest BCUT2D eigenvalue weighted by Crippen LogP contribution is 2.33. The highest BCUT2D eigenvalue weighted by Gasteiger charge is 2.30. The summed E-state index contributed by atoms with van der Waals surface area (Å²) in [5.74, 6) is -0.867. The highest BCUT2D eigenvalue weighted by molar-refractivity contribution is 5.96. The van der Waals surface area contributed by atoms with Crippen LogP contribution in [0.5, 0.6) is 11.5 Å². The van der Waals surface area contributed by atoms with Crippen LogP contribution in [0.2, 0.25) is 0 Å². The van der Waals surface area contributed by atoms with E-state index in [1.807, 2.05) is 0 Å². The van der Waals surface area contributed by atoms with Crippen LogP contribution < -0.4 is 20.9 Å². The average Bonchev–Trinajstić information content (AvgIpc) is 2.90. The summed E-state index contributed by atoms with van der Waals surface area (Å²) in [6.45, 7) is 1.82. The second kappa shape index (κ2) is 11.7. The summed E-state index contributed by atoms with van der Waals surface area (Å²) in [4.78, 5) is 28.5. The van der Waals surface area contributed by atoms with E-state index in [0.717, 1.165) is 0 Å². The van der Waals surface area contributed by atoms with E-state index in [0.29, 0.717) is 22.4 Å². The van der Waals surface area contributed by atoms with Gasteiger partial charge in [0.25, 0.3) is 5.91 Å². The maximum Gasteiger partial charge on any atom is 0.255 e. The maximum atomic E-state index is 13.7. The van der Waals surface area contributed by atoms with E-state index in [1.54, 1.807) is 6.07 Å². The predicted octanol–water partition coefficient (Wildman–Crippen LogP) is 3.77. The van der Waals surface area contributed by atoms with E-state index in [-0.39, 0.29) is 42.4 Å². The minimum Gasteiger partial charge on any atom is -0.493 e. The van der Waals surface area contributed by atoms with Gasteiger partial charge in [-0.15, -0.1) is 0 Å². The van der Waals surface area contributed by atoms with Gasteiger partial charge in [0.05, 0.1) is 24.0 Å². The first-order valence-corrected chi connectivity index (χ1v) is 11.8. The molecule has 0 aliphatic heterocycles. The number of halogens is 2. The molecule has 0 fully saturated rings. The first kappa shape index (κ1) is 28.7. The SMILES string of the molecule is COc1cc(C(=O)CCC(C)(O)c2cc(C(C)(N)CF)cc(-c3ccc(F)cc3)n2)ccc1OCC(N)=O. The van der Waals surface area contributed by atoms with Crippen molar-refractivity contribution in [1.82, 2.24) is 4.98 Å². The number of alkyl halides is 1. The van der Waals surface area contributed by atoms with Crippen LogP contribution >= 0.6 is 0 Å². The van der Waals surface area contributed by atoms with Crippen LogP contribution in [-0.2, 0) is 15.9 Å². The van der Waals surface area contributed by atoms with Gasteiger partial charge in [-0.05, 0) is 80.4 Å².